The molecule has 0 fully saturated rings. The number of hydrogen-bond donors (Lipinski definition) is 4. The van der Waals surface area contributed by atoms with Gasteiger partial charge in [0.25, 0.3) is 0 Å². The first kappa shape index (κ1) is 16.4. The number of nitrogens with zero attached hydrogens (tertiary/aromatic N) is 1. The SMILES string of the molecule is Cc1ccc(CNC(=O)N[C@@H](CCC(=O)O)C(=O)O)cn1. The van der Waals surface area contributed by atoms with Gasteiger partial charge in [0.05, 0.1) is 0 Å². The summed E-state index contributed by atoms with van der Waals surface area (Å²) in [7, 11) is 0. The van der Waals surface area contributed by atoms with Gasteiger partial charge in [-0.15, -0.1) is 0 Å². The standard InChI is InChI=1S/C13H17N3O5/c1-8-2-3-9(6-14-8)7-15-13(21)16-10(12(19)20)4-5-11(17)18/h2-3,6,10H,4-5,7H2,1H3,(H,17,18)(H,19,20)(H2,15,16,21)/t10-/m0/s1. The Kier molecular flexibility index (Phi) is 6.12. The lowest BCUT2D eigenvalue weighted by Gasteiger charge is -2.14. The molecule has 0 radical (unpaired) electrons. The van der Waals surface area contributed by atoms with Crippen LogP contribution in [-0.2, 0) is 16.1 Å². The fourth-order valence-electron chi connectivity index (χ4n) is 1.52. The van der Waals surface area contributed by atoms with Gasteiger partial charge in [-0.1, -0.05) is 6.07 Å². The second-order valence-corrected chi connectivity index (χ2v) is 4.46. The molecular formula is C13H17N3O5. The van der Waals surface area contributed by atoms with E-state index < -0.39 is 24.0 Å². The molecular weight excluding hydrogens is 278 g/mol. The van der Waals surface area contributed by atoms with Crippen molar-refractivity contribution in [1.82, 2.24) is 15.6 Å². The number of aromatic nitrogens is 1. The summed E-state index contributed by atoms with van der Waals surface area (Å²) in [6.45, 7) is 2.04. The lowest BCUT2D eigenvalue weighted by molar-refractivity contribution is -0.140. The second kappa shape index (κ2) is 7.83. The van der Waals surface area contributed by atoms with Crippen LogP contribution in [0.3, 0.4) is 0 Å². The van der Waals surface area contributed by atoms with Gasteiger partial charge in [0, 0.05) is 24.9 Å². The van der Waals surface area contributed by atoms with Gasteiger partial charge in [-0.25, -0.2) is 9.59 Å². The first-order valence-corrected chi connectivity index (χ1v) is 6.29. The summed E-state index contributed by atoms with van der Waals surface area (Å²) < 4.78 is 0. The molecule has 0 spiro atoms. The van der Waals surface area contributed by atoms with Crippen LogP contribution in [0.1, 0.15) is 24.1 Å². The summed E-state index contributed by atoms with van der Waals surface area (Å²) in [5, 5.41) is 22.1. The van der Waals surface area contributed by atoms with Crippen molar-refractivity contribution in [1.29, 1.82) is 0 Å². The zero-order valence-electron chi connectivity index (χ0n) is 11.5. The number of nitrogens with one attached hydrogen (secondary N) is 2. The van der Waals surface area contributed by atoms with Crippen LogP contribution in [0, 0.1) is 6.92 Å². The van der Waals surface area contributed by atoms with E-state index in [0.29, 0.717) is 0 Å². The van der Waals surface area contributed by atoms with Gasteiger partial charge in [0.2, 0.25) is 0 Å². The number of aryl methyl sites for hydroxylation is 1. The number of carboxylic acids is 2. The molecule has 1 aromatic rings. The molecule has 0 aromatic carbocycles. The number of amides is 2. The highest BCUT2D eigenvalue weighted by Gasteiger charge is 2.20. The monoisotopic (exact) mass is 295 g/mol. The summed E-state index contributed by atoms with van der Waals surface area (Å²) in [6, 6.07) is 1.68. The first-order chi connectivity index (χ1) is 9.88. The summed E-state index contributed by atoms with van der Waals surface area (Å²) in [4.78, 5) is 37.0. The van der Waals surface area contributed by atoms with Crippen molar-refractivity contribution in [2.45, 2.75) is 32.4 Å². The number of urea groups is 1. The molecule has 8 heteroatoms. The molecule has 114 valence electrons. The van der Waals surface area contributed by atoms with Gasteiger partial charge in [-0.05, 0) is 25.0 Å². The third-order valence-electron chi connectivity index (χ3n) is 2.68. The number of carbonyl (C=O) groups excluding carboxylic acids is 1. The van der Waals surface area contributed by atoms with Crippen molar-refractivity contribution >= 4 is 18.0 Å². The molecule has 2 amide bonds. The smallest absolute Gasteiger partial charge is 0.326 e. The molecule has 0 aliphatic carbocycles. The van der Waals surface area contributed by atoms with Crippen LogP contribution >= 0.6 is 0 Å². The summed E-state index contributed by atoms with van der Waals surface area (Å²) in [5.74, 6) is -2.39. The van der Waals surface area contributed by atoms with Crippen molar-refractivity contribution < 1.29 is 24.6 Å². The molecule has 0 unspecified atom stereocenters. The van der Waals surface area contributed by atoms with E-state index in [-0.39, 0.29) is 19.4 Å². The van der Waals surface area contributed by atoms with Gasteiger partial charge < -0.3 is 20.8 Å². The third kappa shape index (κ3) is 6.37. The Morgan fingerprint density at radius 2 is 2.00 bits per heavy atom. The van der Waals surface area contributed by atoms with Crippen LogP contribution in [0.25, 0.3) is 0 Å². The minimum atomic E-state index is -1.27. The van der Waals surface area contributed by atoms with E-state index >= 15 is 0 Å². The van der Waals surface area contributed by atoms with Crippen LogP contribution in [-0.4, -0.2) is 39.2 Å². The number of carbonyl (C=O) groups is 3. The van der Waals surface area contributed by atoms with E-state index in [1.807, 2.05) is 6.92 Å². The molecule has 1 atom stereocenters. The Labute approximate surface area is 121 Å². The van der Waals surface area contributed by atoms with Crippen molar-refractivity contribution in [3.05, 3.63) is 29.6 Å². The maximum Gasteiger partial charge on any atom is 0.326 e. The predicted octanol–water partition coefficient (Wildman–Crippen LogP) is 0.507. The highest BCUT2D eigenvalue weighted by Crippen LogP contribution is 2.00. The maximum atomic E-state index is 11.6. The highest BCUT2D eigenvalue weighted by atomic mass is 16.4. The van der Waals surface area contributed by atoms with Gasteiger partial charge in [0.15, 0.2) is 0 Å². The number of pyridine rings is 1. The van der Waals surface area contributed by atoms with Gasteiger partial charge in [-0.2, -0.15) is 0 Å². The van der Waals surface area contributed by atoms with E-state index in [4.69, 9.17) is 10.2 Å². The fraction of sp³-hybridized carbons (Fsp3) is 0.385. The molecule has 1 heterocycles. The molecule has 0 bridgehead atoms. The van der Waals surface area contributed by atoms with E-state index in [1.165, 1.54) is 0 Å². The van der Waals surface area contributed by atoms with Crippen molar-refractivity contribution in [2.24, 2.45) is 0 Å². The van der Waals surface area contributed by atoms with Gasteiger partial charge >= 0.3 is 18.0 Å². The summed E-state index contributed by atoms with van der Waals surface area (Å²) in [5.41, 5.74) is 1.62. The third-order valence-corrected chi connectivity index (χ3v) is 2.68. The van der Waals surface area contributed by atoms with E-state index in [9.17, 15) is 14.4 Å². The number of aliphatic carboxylic acids is 2. The summed E-state index contributed by atoms with van der Waals surface area (Å²) >= 11 is 0. The predicted molar refractivity (Wildman–Crippen MR) is 72.6 cm³/mol. The zero-order chi connectivity index (χ0) is 15.8. The van der Waals surface area contributed by atoms with Crippen molar-refractivity contribution in [3.8, 4) is 0 Å². The van der Waals surface area contributed by atoms with Crippen molar-refractivity contribution in [2.75, 3.05) is 0 Å². The van der Waals surface area contributed by atoms with E-state index in [1.54, 1.807) is 18.3 Å². The minimum absolute atomic E-state index is 0.176. The van der Waals surface area contributed by atoms with E-state index in [2.05, 4.69) is 15.6 Å². The largest absolute Gasteiger partial charge is 0.481 e. The molecule has 0 saturated heterocycles. The Morgan fingerprint density at radius 1 is 1.29 bits per heavy atom. The van der Waals surface area contributed by atoms with Crippen LogP contribution < -0.4 is 10.6 Å². The van der Waals surface area contributed by atoms with Crippen molar-refractivity contribution in [3.63, 3.8) is 0 Å². The fourth-order valence-corrected chi connectivity index (χ4v) is 1.52. The molecule has 1 aromatic heterocycles. The summed E-state index contributed by atoms with van der Waals surface area (Å²) in [6.07, 6.45) is 1.10. The average Bonchev–Trinajstić information content (AvgIpc) is 2.42. The molecule has 0 saturated carbocycles. The average molecular weight is 295 g/mol. The van der Waals surface area contributed by atoms with Gasteiger partial charge in [0.1, 0.15) is 6.04 Å². The molecule has 1 rings (SSSR count). The minimum Gasteiger partial charge on any atom is -0.481 e. The molecule has 4 N–H and O–H groups in total. The number of carboxylic acid groups (broad SMARTS) is 2. The first-order valence-electron chi connectivity index (χ1n) is 6.29. The van der Waals surface area contributed by atoms with Crippen LogP contribution in [0.15, 0.2) is 18.3 Å². The van der Waals surface area contributed by atoms with Crippen LogP contribution in [0.2, 0.25) is 0 Å². The second-order valence-electron chi connectivity index (χ2n) is 4.46. The zero-order valence-corrected chi connectivity index (χ0v) is 11.5. The Bertz CT molecular complexity index is 515. The lowest BCUT2D eigenvalue weighted by Crippen LogP contribution is -2.46. The van der Waals surface area contributed by atoms with Crippen LogP contribution in [0.4, 0.5) is 4.79 Å². The van der Waals surface area contributed by atoms with E-state index in [0.717, 1.165) is 11.3 Å². The molecule has 21 heavy (non-hydrogen) atoms. The molecule has 8 nitrogen and oxygen atoms in total. The quantitative estimate of drug-likeness (QED) is 0.580. The Hall–Kier alpha value is -2.64. The van der Waals surface area contributed by atoms with Gasteiger partial charge in [-0.3, -0.25) is 9.78 Å². The highest BCUT2D eigenvalue weighted by molar-refractivity contribution is 5.82. The lowest BCUT2D eigenvalue weighted by atomic mass is 10.1. The maximum absolute atomic E-state index is 11.6. The van der Waals surface area contributed by atoms with Crippen LogP contribution in [0.5, 0.6) is 0 Å². The topological polar surface area (TPSA) is 129 Å². The Morgan fingerprint density at radius 3 is 2.52 bits per heavy atom. The Balaban J connectivity index is 2.44. The number of hydrogen-bond acceptors (Lipinski definition) is 4. The number of rotatable bonds is 7. The normalized spacial score (nSPS) is 11.5. The molecule has 0 aliphatic heterocycles. The molecule has 0 aliphatic rings.